The van der Waals surface area contributed by atoms with Crippen molar-refractivity contribution in [2.75, 3.05) is 7.11 Å². The van der Waals surface area contributed by atoms with E-state index >= 15 is 0 Å². The molecule has 0 amide bonds. The maximum absolute atomic E-state index is 5.19. The second-order valence-corrected chi connectivity index (χ2v) is 3.66. The van der Waals surface area contributed by atoms with Gasteiger partial charge in [0.25, 0.3) is 0 Å². The highest BCUT2D eigenvalue weighted by molar-refractivity contribution is 5.85. The van der Waals surface area contributed by atoms with E-state index in [1.165, 1.54) is 5.69 Å². The standard InChI is InChI=1S/C11H14N2O/c1-7(2)10-6-8-9(13-10)4-5-12-11(8)14-3/h4-7,13H,1-3H3. The summed E-state index contributed by atoms with van der Waals surface area (Å²) < 4.78 is 5.19. The molecule has 0 saturated heterocycles. The van der Waals surface area contributed by atoms with Crippen LogP contribution < -0.4 is 4.74 Å². The largest absolute Gasteiger partial charge is 0.481 e. The predicted octanol–water partition coefficient (Wildman–Crippen LogP) is 2.69. The minimum absolute atomic E-state index is 0.493. The van der Waals surface area contributed by atoms with Gasteiger partial charge in [0, 0.05) is 11.9 Å². The highest BCUT2D eigenvalue weighted by atomic mass is 16.5. The molecule has 0 atom stereocenters. The van der Waals surface area contributed by atoms with E-state index in [2.05, 4.69) is 29.9 Å². The molecule has 0 bridgehead atoms. The van der Waals surface area contributed by atoms with Gasteiger partial charge in [-0.1, -0.05) is 13.8 Å². The van der Waals surface area contributed by atoms with Gasteiger partial charge in [0.1, 0.15) is 0 Å². The summed E-state index contributed by atoms with van der Waals surface area (Å²) >= 11 is 0. The third-order valence-corrected chi connectivity index (χ3v) is 2.35. The van der Waals surface area contributed by atoms with Crippen molar-refractivity contribution < 1.29 is 4.74 Å². The van der Waals surface area contributed by atoms with E-state index in [4.69, 9.17) is 4.74 Å². The van der Waals surface area contributed by atoms with Gasteiger partial charge in [0.2, 0.25) is 5.88 Å². The smallest absolute Gasteiger partial charge is 0.222 e. The van der Waals surface area contributed by atoms with Gasteiger partial charge >= 0.3 is 0 Å². The third-order valence-electron chi connectivity index (χ3n) is 2.35. The number of rotatable bonds is 2. The lowest BCUT2D eigenvalue weighted by atomic mass is 10.1. The lowest BCUT2D eigenvalue weighted by molar-refractivity contribution is 0.403. The number of methoxy groups -OCH3 is 1. The lowest BCUT2D eigenvalue weighted by Crippen LogP contribution is -1.86. The van der Waals surface area contributed by atoms with Crippen LogP contribution in [0.25, 0.3) is 10.9 Å². The van der Waals surface area contributed by atoms with Gasteiger partial charge < -0.3 is 9.72 Å². The number of fused-ring (bicyclic) bond motifs is 1. The molecular formula is C11H14N2O. The molecule has 74 valence electrons. The number of hydrogen-bond donors (Lipinski definition) is 1. The maximum atomic E-state index is 5.19. The van der Waals surface area contributed by atoms with Gasteiger partial charge in [0.15, 0.2) is 0 Å². The van der Waals surface area contributed by atoms with Gasteiger partial charge in [-0.05, 0) is 18.1 Å². The van der Waals surface area contributed by atoms with Crippen molar-refractivity contribution in [2.24, 2.45) is 0 Å². The zero-order valence-electron chi connectivity index (χ0n) is 8.66. The lowest BCUT2D eigenvalue weighted by Gasteiger charge is -1.97. The summed E-state index contributed by atoms with van der Waals surface area (Å²) in [5.74, 6) is 1.18. The number of H-pyrrole nitrogens is 1. The van der Waals surface area contributed by atoms with Crippen LogP contribution >= 0.6 is 0 Å². The van der Waals surface area contributed by atoms with E-state index in [0.717, 1.165) is 10.9 Å². The third kappa shape index (κ3) is 1.35. The van der Waals surface area contributed by atoms with Crippen LogP contribution in [-0.2, 0) is 0 Å². The van der Waals surface area contributed by atoms with Crippen molar-refractivity contribution in [3.05, 3.63) is 24.0 Å². The Morgan fingerprint density at radius 2 is 2.21 bits per heavy atom. The first-order valence-corrected chi connectivity index (χ1v) is 4.74. The SMILES string of the molecule is COc1nccc2[nH]c(C(C)C)cc12. The fourth-order valence-electron chi connectivity index (χ4n) is 1.52. The first kappa shape index (κ1) is 9.06. The topological polar surface area (TPSA) is 37.9 Å². The molecule has 0 saturated carbocycles. The molecule has 0 radical (unpaired) electrons. The number of nitrogens with zero attached hydrogens (tertiary/aromatic N) is 1. The van der Waals surface area contributed by atoms with Crippen molar-refractivity contribution >= 4 is 10.9 Å². The average Bonchev–Trinajstić information content (AvgIpc) is 2.60. The Morgan fingerprint density at radius 3 is 2.86 bits per heavy atom. The van der Waals surface area contributed by atoms with Crippen LogP contribution in [0.15, 0.2) is 18.3 Å². The summed E-state index contributed by atoms with van der Waals surface area (Å²) in [6.07, 6.45) is 1.75. The molecule has 0 aliphatic rings. The fourth-order valence-corrected chi connectivity index (χ4v) is 1.52. The second kappa shape index (κ2) is 3.33. The van der Waals surface area contributed by atoms with Crippen molar-refractivity contribution in [3.8, 4) is 5.88 Å². The van der Waals surface area contributed by atoms with Crippen LogP contribution in [0.4, 0.5) is 0 Å². The molecule has 2 aromatic heterocycles. The van der Waals surface area contributed by atoms with Crippen LogP contribution in [0.5, 0.6) is 5.88 Å². The average molecular weight is 190 g/mol. The van der Waals surface area contributed by atoms with Gasteiger partial charge in [-0.2, -0.15) is 0 Å². The number of nitrogens with one attached hydrogen (secondary N) is 1. The number of ether oxygens (including phenoxy) is 1. The minimum atomic E-state index is 0.493. The number of hydrogen-bond acceptors (Lipinski definition) is 2. The summed E-state index contributed by atoms with van der Waals surface area (Å²) in [4.78, 5) is 7.51. The Morgan fingerprint density at radius 1 is 1.43 bits per heavy atom. The first-order valence-electron chi connectivity index (χ1n) is 4.74. The highest BCUT2D eigenvalue weighted by Gasteiger charge is 2.08. The molecule has 1 N–H and O–H groups in total. The van der Waals surface area contributed by atoms with Gasteiger partial charge in [0.05, 0.1) is 18.0 Å². The first-order chi connectivity index (χ1) is 6.72. The van der Waals surface area contributed by atoms with E-state index in [0.29, 0.717) is 11.8 Å². The van der Waals surface area contributed by atoms with Crippen molar-refractivity contribution in [1.29, 1.82) is 0 Å². The zero-order valence-corrected chi connectivity index (χ0v) is 8.66. The molecule has 3 heteroatoms. The number of pyridine rings is 1. The number of aromatic amines is 1. The molecule has 2 heterocycles. The Labute approximate surface area is 83.1 Å². The van der Waals surface area contributed by atoms with Gasteiger partial charge in [-0.15, -0.1) is 0 Å². The highest BCUT2D eigenvalue weighted by Crippen LogP contribution is 2.26. The minimum Gasteiger partial charge on any atom is -0.481 e. The molecule has 0 aliphatic carbocycles. The van der Waals surface area contributed by atoms with E-state index in [-0.39, 0.29) is 0 Å². The van der Waals surface area contributed by atoms with Crippen LogP contribution in [-0.4, -0.2) is 17.1 Å². The zero-order chi connectivity index (χ0) is 10.1. The normalized spacial score (nSPS) is 11.1. The molecule has 2 aromatic rings. The number of aromatic nitrogens is 2. The fraction of sp³-hybridized carbons (Fsp3) is 0.364. The summed E-state index contributed by atoms with van der Waals surface area (Å²) in [7, 11) is 1.64. The molecule has 2 rings (SSSR count). The Bertz CT molecular complexity index is 445. The van der Waals surface area contributed by atoms with E-state index in [1.54, 1.807) is 13.3 Å². The molecule has 14 heavy (non-hydrogen) atoms. The summed E-state index contributed by atoms with van der Waals surface area (Å²) in [5.41, 5.74) is 2.30. The molecule has 0 aromatic carbocycles. The van der Waals surface area contributed by atoms with Crippen LogP contribution in [0.3, 0.4) is 0 Å². The van der Waals surface area contributed by atoms with Gasteiger partial charge in [-0.3, -0.25) is 0 Å². The predicted molar refractivity (Wildman–Crippen MR) is 56.7 cm³/mol. The second-order valence-electron chi connectivity index (χ2n) is 3.66. The van der Waals surface area contributed by atoms with E-state index < -0.39 is 0 Å². The quantitative estimate of drug-likeness (QED) is 0.790. The van der Waals surface area contributed by atoms with Crippen LogP contribution in [0.2, 0.25) is 0 Å². The molecule has 0 aliphatic heterocycles. The Kier molecular flexibility index (Phi) is 2.15. The van der Waals surface area contributed by atoms with Crippen LogP contribution in [0.1, 0.15) is 25.5 Å². The summed E-state index contributed by atoms with van der Waals surface area (Å²) in [5, 5.41) is 1.05. The van der Waals surface area contributed by atoms with Crippen LogP contribution in [0, 0.1) is 0 Å². The molecular weight excluding hydrogens is 176 g/mol. The van der Waals surface area contributed by atoms with Crippen molar-refractivity contribution in [1.82, 2.24) is 9.97 Å². The molecule has 0 unspecified atom stereocenters. The summed E-state index contributed by atoms with van der Waals surface area (Å²) in [6, 6.07) is 4.07. The molecule has 3 nitrogen and oxygen atoms in total. The Hall–Kier alpha value is -1.51. The van der Waals surface area contributed by atoms with E-state index in [9.17, 15) is 0 Å². The van der Waals surface area contributed by atoms with Gasteiger partial charge in [-0.25, -0.2) is 4.98 Å². The Balaban J connectivity index is 2.64. The monoisotopic (exact) mass is 190 g/mol. The summed E-state index contributed by atoms with van der Waals surface area (Å²) in [6.45, 7) is 4.31. The van der Waals surface area contributed by atoms with E-state index in [1.807, 2.05) is 6.07 Å². The van der Waals surface area contributed by atoms with Crippen molar-refractivity contribution in [3.63, 3.8) is 0 Å². The molecule has 0 spiro atoms. The maximum Gasteiger partial charge on any atom is 0.222 e. The van der Waals surface area contributed by atoms with Crippen molar-refractivity contribution in [2.45, 2.75) is 19.8 Å². The molecule has 0 fully saturated rings.